The summed E-state index contributed by atoms with van der Waals surface area (Å²) in [6.07, 6.45) is 0. The van der Waals surface area contributed by atoms with Gasteiger partial charge in [0.2, 0.25) is 5.91 Å². The van der Waals surface area contributed by atoms with Crippen LogP contribution in [0.1, 0.15) is 22.7 Å². The van der Waals surface area contributed by atoms with Gasteiger partial charge in [-0.05, 0) is 30.2 Å². The number of phenolic OH excluding ortho intramolecular Hbond substituents is 1. The van der Waals surface area contributed by atoms with E-state index in [1.807, 2.05) is 37.3 Å². The molecule has 3 rings (SSSR count). The number of phenols is 1. The first-order chi connectivity index (χ1) is 12.0. The first-order valence-electron chi connectivity index (χ1n) is 8.21. The number of aryl methyl sites for hydroxylation is 1. The minimum atomic E-state index is -0.641. The van der Waals surface area contributed by atoms with Gasteiger partial charge in [-0.1, -0.05) is 42.0 Å². The second kappa shape index (κ2) is 7.25. The second-order valence-corrected chi connectivity index (χ2v) is 6.13. The van der Waals surface area contributed by atoms with Crippen LogP contribution in [0.15, 0.2) is 48.5 Å². The lowest BCUT2D eigenvalue weighted by Crippen LogP contribution is -2.54. The Morgan fingerprint density at radius 1 is 1.28 bits per heavy atom. The van der Waals surface area contributed by atoms with Crippen molar-refractivity contribution in [2.75, 3.05) is 13.1 Å². The highest BCUT2D eigenvalue weighted by atomic mass is 16.3. The number of hydrogen-bond donors (Lipinski definition) is 3. The van der Waals surface area contributed by atoms with Gasteiger partial charge in [0.05, 0.1) is 0 Å². The third-order valence-electron chi connectivity index (χ3n) is 4.18. The van der Waals surface area contributed by atoms with Gasteiger partial charge in [-0.2, -0.15) is 0 Å². The zero-order valence-corrected chi connectivity index (χ0v) is 14.0. The van der Waals surface area contributed by atoms with Gasteiger partial charge in [-0.3, -0.25) is 4.79 Å². The molecule has 1 heterocycles. The van der Waals surface area contributed by atoms with Gasteiger partial charge in [0.1, 0.15) is 11.8 Å². The molecular formula is C19H21N3O3. The van der Waals surface area contributed by atoms with Crippen LogP contribution in [0.4, 0.5) is 4.79 Å². The van der Waals surface area contributed by atoms with Crippen molar-refractivity contribution >= 4 is 11.9 Å². The summed E-state index contributed by atoms with van der Waals surface area (Å²) in [6.45, 7) is 3.11. The van der Waals surface area contributed by atoms with Crippen molar-refractivity contribution in [2.45, 2.75) is 19.5 Å². The molecule has 1 unspecified atom stereocenters. The number of aromatic hydroxyl groups is 1. The Kier molecular flexibility index (Phi) is 4.88. The molecule has 0 bridgehead atoms. The Labute approximate surface area is 146 Å². The molecule has 0 spiro atoms. The van der Waals surface area contributed by atoms with E-state index in [0.717, 1.165) is 16.7 Å². The number of carbonyl (C=O) groups is 2. The molecule has 2 aromatic carbocycles. The van der Waals surface area contributed by atoms with E-state index in [9.17, 15) is 14.7 Å². The van der Waals surface area contributed by atoms with Crippen LogP contribution in [0, 0.1) is 6.92 Å². The number of benzene rings is 2. The highest BCUT2D eigenvalue weighted by Gasteiger charge is 2.34. The number of carbonyl (C=O) groups excluding carboxylic acids is 2. The van der Waals surface area contributed by atoms with Gasteiger partial charge < -0.3 is 20.6 Å². The van der Waals surface area contributed by atoms with Crippen LogP contribution in [0.2, 0.25) is 0 Å². The number of nitrogens with one attached hydrogen (secondary N) is 2. The minimum Gasteiger partial charge on any atom is -0.508 e. The predicted octanol–water partition coefficient (Wildman–Crippen LogP) is 2.08. The van der Waals surface area contributed by atoms with E-state index in [2.05, 4.69) is 10.6 Å². The molecule has 0 saturated carbocycles. The molecular weight excluding hydrogens is 318 g/mol. The van der Waals surface area contributed by atoms with Gasteiger partial charge in [-0.25, -0.2) is 4.79 Å². The monoisotopic (exact) mass is 339 g/mol. The molecule has 1 fully saturated rings. The molecule has 0 aliphatic carbocycles. The first kappa shape index (κ1) is 16.8. The van der Waals surface area contributed by atoms with Crippen LogP contribution in [-0.4, -0.2) is 35.0 Å². The highest BCUT2D eigenvalue weighted by molar-refractivity contribution is 5.89. The fraction of sp³-hybridized carbons (Fsp3) is 0.263. The van der Waals surface area contributed by atoms with Crippen molar-refractivity contribution in [3.8, 4) is 5.75 Å². The summed E-state index contributed by atoms with van der Waals surface area (Å²) in [5.74, 6) is -0.0221. The molecule has 1 atom stereocenters. The molecule has 25 heavy (non-hydrogen) atoms. The smallest absolute Gasteiger partial charge is 0.318 e. The van der Waals surface area contributed by atoms with Gasteiger partial charge in [0.15, 0.2) is 0 Å². The molecule has 0 radical (unpaired) electrons. The molecule has 130 valence electrons. The van der Waals surface area contributed by atoms with Crippen molar-refractivity contribution in [1.29, 1.82) is 0 Å². The van der Waals surface area contributed by atoms with Crippen LogP contribution in [0.25, 0.3) is 0 Å². The van der Waals surface area contributed by atoms with E-state index in [4.69, 9.17) is 0 Å². The van der Waals surface area contributed by atoms with E-state index in [1.54, 1.807) is 23.1 Å². The van der Waals surface area contributed by atoms with Crippen LogP contribution in [0.3, 0.4) is 0 Å². The van der Waals surface area contributed by atoms with Crippen LogP contribution >= 0.6 is 0 Å². The maximum Gasteiger partial charge on any atom is 0.318 e. The summed E-state index contributed by atoms with van der Waals surface area (Å²) < 4.78 is 0. The lowest BCUT2D eigenvalue weighted by molar-refractivity contribution is -0.127. The Morgan fingerprint density at radius 2 is 2.08 bits per heavy atom. The minimum absolute atomic E-state index is 0.154. The van der Waals surface area contributed by atoms with Gasteiger partial charge in [0, 0.05) is 19.6 Å². The zero-order chi connectivity index (χ0) is 17.8. The Morgan fingerprint density at radius 3 is 2.84 bits per heavy atom. The maximum absolute atomic E-state index is 12.6. The van der Waals surface area contributed by atoms with Crippen molar-refractivity contribution in [2.24, 2.45) is 0 Å². The van der Waals surface area contributed by atoms with Crippen molar-refractivity contribution < 1.29 is 14.7 Å². The summed E-state index contributed by atoms with van der Waals surface area (Å²) in [5.41, 5.74) is 2.63. The summed E-state index contributed by atoms with van der Waals surface area (Å²) in [7, 11) is 0. The molecule has 2 aromatic rings. The quantitative estimate of drug-likeness (QED) is 0.801. The summed E-state index contributed by atoms with van der Waals surface area (Å²) in [5, 5.41) is 15.2. The molecule has 3 N–H and O–H groups in total. The third kappa shape index (κ3) is 3.91. The van der Waals surface area contributed by atoms with E-state index < -0.39 is 6.04 Å². The van der Waals surface area contributed by atoms with Crippen molar-refractivity contribution in [3.05, 3.63) is 65.2 Å². The molecule has 1 saturated heterocycles. The Bertz CT molecular complexity index is 791. The predicted molar refractivity (Wildman–Crippen MR) is 94.0 cm³/mol. The third-order valence-corrected chi connectivity index (χ3v) is 4.18. The zero-order valence-electron chi connectivity index (χ0n) is 14.0. The van der Waals surface area contributed by atoms with E-state index in [1.165, 1.54) is 0 Å². The molecule has 1 aliphatic rings. The number of amides is 3. The number of hydrogen-bond acceptors (Lipinski definition) is 3. The fourth-order valence-electron chi connectivity index (χ4n) is 3.00. The fourth-order valence-corrected chi connectivity index (χ4v) is 3.00. The van der Waals surface area contributed by atoms with Gasteiger partial charge in [0.25, 0.3) is 0 Å². The number of piperazine rings is 1. The Balaban J connectivity index is 1.75. The standard InChI is InChI=1S/C19H21N3O3/c1-13-4-2-6-15(10-13)17-18(24)20-8-9-22(17)19(25)21-12-14-5-3-7-16(23)11-14/h2-7,10-11,17,23H,8-9,12H2,1H3,(H,20,24)(H,21,25). The molecule has 1 aliphatic heterocycles. The van der Waals surface area contributed by atoms with E-state index >= 15 is 0 Å². The largest absolute Gasteiger partial charge is 0.508 e. The Hall–Kier alpha value is -3.02. The number of nitrogens with zero attached hydrogens (tertiary/aromatic N) is 1. The average molecular weight is 339 g/mol. The van der Waals surface area contributed by atoms with Gasteiger partial charge >= 0.3 is 6.03 Å². The second-order valence-electron chi connectivity index (χ2n) is 6.13. The lowest BCUT2D eigenvalue weighted by atomic mass is 10.0. The SMILES string of the molecule is Cc1cccc(C2C(=O)NCCN2C(=O)NCc2cccc(O)c2)c1. The van der Waals surface area contributed by atoms with Crippen LogP contribution in [-0.2, 0) is 11.3 Å². The van der Waals surface area contributed by atoms with Crippen molar-refractivity contribution in [1.82, 2.24) is 15.5 Å². The van der Waals surface area contributed by atoms with E-state index in [-0.39, 0.29) is 24.2 Å². The summed E-state index contributed by atoms with van der Waals surface area (Å²) in [6, 6.07) is 13.4. The maximum atomic E-state index is 12.6. The molecule has 6 heteroatoms. The molecule has 3 amide bonds. The van der Waals surface area contributed by atoms with E-state index in [0.29, 0.717) is 13.1 Å². The number of urea groups is 1. The lowest BCUT2D eigenvalue weighted by Gasteiger charge is -2.35. The summed E-state index contributed by atoms with van der Waals surface area (Å²) in [4.78, 5) is 26.6. The van der Waals surface area contributed by atoms with Crippen molar-refractivity contribution in [3.63, 3.8) is 0 Å². The average Bonchev–Trinajstić information content (AvgIpc) is 2.59. The topological polar surface area (TPSA) is 81.7 Å². The first-order valence-corrected chi connectivity index (χ1v) is 8.21. The van der Waals surface area contributed by atoms with Gasteiger partial charge in [-0.15, -0.1) is 0 Å². The number of rotatable bonds is 3. The molecule has 0 aromatic heterocycles. The van der Waals surface area contributed by atoms with Crippen LogP contribution in [0.5, 0.6) is 5.75 Å². The molecule has 6 nitrogen and oxygen atoms in total. The highest BCUT2D eigenvalue weighted by Crippen LogP contribution is 2.24. The summed E-state index contributed by atoms with van der Waals surface area (Å²) >= 11 is 0. The van der Waals surface area contributed by atoms with Crippen LogP contribution < -0.4 is 10.6 Å². The normalized spacial score (nSPS) is 17.1.